The fourth-order valence-corrected chi connectivity index (χ4v) is 1.72. The van der Waals surface area contributed by atoms with E-state index in [-0.39, 0.29) is 0 Å². The molecule has 14 heavy (non-hydrogen) atoms. The van der Waals surface area contributed by atoms with Gasteiger partial charge in [-0.25, -0.2) is 0 Å². The van der Waals surface area contributed by atoms with Gasteiger partial charge >= 0.3 is 0 Å². The van der Waals surface area contributed by atoms with Gasteiger partial charge in [0.2, 0.25) is 0 Å². The quantitative estimate of drug-likeness (QED) is 0.530. The molecule has 1 aliphatic rings. The van der Waals surface area contributed by atoms with E-state index < -0.39 is 0 Å². The average molecular weight is 191 g/mol. The maximum Gasteiger partial charge on any atom is 0.00277 e. The maximum atomic E-state index is 3.00. The molecule has 1 atom stereocenters. The molecule has 0 bridgehead atoms. The topological polar surface area (TPSA) is 12.0 Å². The maximum absolute atomic E-state index is 3.00. The second-order valence-electron chi connectivity index (χ2n) is 4.18. The minimum absolute atomic E-state index is 0.867. The molecular formula is C13H21N. The Morgan fingerprint density at radius 2 is 2.43 bits per heavy atom. The number of hydrogen-bond acceptors (Lipinski definition) is 1. The molecule has 0 saturated carbocycles. The summed E-state index contributed by atoms with van der Waals surface area (Å²) in [5.41, 5.74) is 2.94. The Balaban J connectivity index is 2.35. The number of rotatable bonds is 4. The normalized spacial score (nSPS) is 22.9. The van der Waals surface area contributed by atoms with Crippen LogP contribution in [0.2, 0.25) is 0 Å². The summed E-state index contributed by atoms with van der Waals surface area (Å²) in [6, 6.07) is 0. The minimum atomic E-state index is 0.867. The Kier molecular flexibility index (Phi) is 4.51. The van der Waals surface area contributed by atoms with Crippen LogP contribution < -0.4 is 5.32 Å². The summed E-state index contributed by atoms with van der Waals surface area (Å²) in [7, 11) is 1.92. The largest absolute Gasteiger partial charge is 0.394 e. The molecule has 0 unspecified atom stereocenters. The Labute approximate surface area is 87.6 Å². The lowest BCUT2D eigenvalue weighted by Crippen LogP contribution is -1.91. The van der Waals surface area contributed by atoms with E-state index in [9.17, 15) is 0 Å². The summed E-state index contributed by atoms with van der Waals surface area (Å²) in [6.45, 7) is 4.47. The van der Waals surface area contributed by atoms with Crippen molar-refractivity contribution in [1.29, 1.82) is 0 Å². The van der Waals surface area contributed by atoms with Crippen LogP contribution in [0.3, 0.4) is 0 Å². The molecule has 0 amide bonds. The number of nitrogens with one attached hydrogen (secondary N) is 1. The summed E-state index contributed by atoms with van der Waals surface area (Å²) in [5, 5.41) is 3.00. The fourth-order valence-electron chi connectivity index (χ4n) is 1.72. The second-order valence-corrected chi connectivity index (χ2v) is 4.18. The lowest BCUT2D eigenvalue weighted by Gasteiger charge is -2.00. The van der Waals surface area contributed by atoms with Crippen LogP contribution in [0.4, 0.5) is 0 Å². The summed E-state index contributed by atoms with van der Waals surface area (Å²) < 4.78 is 0. The van der Waals surface area contributed by atoms with Gasteiger partial charge in [0.25, 0.3) is 0 Å². The summed E-state index contributed by atoms with van der Waals surface area (Å²) in [4.78, 5) is 0. The van der Waals surface area contributed by atoms with Crippen molar-refractivity contribution >= 4 is 0 Å². The molecule has 0 heterocycles. The Morgan fingerprint density at radius 3 is 3.00 bits per heavy atom. The summed E-state index contributed by atoms with van der Waals surface area (Å²) in [6.07, 6.45) is 12.5. The monoisotopic (exact) mass is 191 g/mol. The van der Waals surface area contributed by atoms with Crippen LogP contribution >= 0.6 is 0 Å². The molecule has 0 fully saturated rings. The van der Waals surface area contributed by atoms with Crippen LogP contribution in [0.15, 0.2) is 35.6 Å². The molecular weight excluding hydrogens is 170 g/mol. The van der Waals surface area contributed by atoms with Gasteiger partial charge in [-0.3, -0.25) is 0 Å². The van der Waals surface area contributed by atoms with Crippen LogP contribution in [0.5, 0.6) is 0 Å². The first-order chi connectivity index (χ1) is 6.72. The highest BCUT2D eigenvalue weighted by Gasteiger charge is 2.10. The molecule has 0 aromatic carbocycles. The van der Waals surface area contributed by atoms with E-state index in [0.717, 1.165) is 12.3 Å². The smallest absolute Gasteiger partial charge is 0.00277 e. The molecule has 78 valence electrons. The molecule has 1 rings (SSSR count). The average Bonchev–Trinajstić information content (AvgIpc) is 2.58. The molecule has 0 spiro atoms. The summed E-state index contributed by atoms with van der Waals surface area (Å²) >= 11 is 0. The first-order valence-electron chi connectivity index (χ1n) is 5.41. The van der Waals surface area contributed by atoms with Gasteiger partial charge in [-0.2, -0.15) is 0 Å². The van der Waals surface area contributed by atoms with Crippen molar-refractivity contribution in [3.05, 3.63) is 35.6 Å². The second kappa shape index (κ2) is 5.69. The minimum Gasteiger partial charge on any atom is -0.394 e. The molecule has 0 aromatic heterocycles. The highest BCUT2D eigenvalue weighted by atomic mass is 14.8. The van der Waals surface area contributed by atoms with Crippen LogP contribution in [0.1, 0.15) is 33.1 Å². The lowest BCUT2D eigenvalue weighted by molar-refractivity contribution is 0.624. The Morgan fingerprint density at radius 1 is 1.64 bits per heavy atom. The van der Waals surface area contributed by atoms with E-state index in [4.69, 9.17) is 0 Å². The van der Waals surface area contributed by atoms with Gasteiger partial charge in [0.05, 0.1) is 0 Å². The Bertz CT molecular complexity index is 258. The van der Waals surface area contributed by atoms with Crippen molar-refractivity contribution in [2.45, 2.75) is 33.1 Å². The van der Waals surface area contributed by atoms with Gasteiger partial charge in [0.1, 0.15) is 0 Å². The molecule has 0 aliphatic heterocycles. The molecule has 1 heteroatoms. The molecule has 0 saturated heterocycles. The zero-order chi connectivity index (χ0) is 10.4. The molecule has 1 aliphatic carbocycles. The van der Waals surface area contributed by atoms with Crippen molar-refractivity contribution in [2.75, 3.05) is 7.05 Å². The van der Waals surface area contributed by atoms with E-state index in [2.05, 4.69) is 37.4 Å². The van der Waals surface area contributed by atoms with Crippen LogP contribution in [0, 0.1) is 5.92 Å². The third-order valence-corrected chi connectivity index (χ3v) is 2.62. The van der Waals surface area contributed by atoms with Gasteiger partial charge < -0.3 is 5.32 Å². The van der Waals surface area contributed by atoms with Crippen LogP contribution in [-0.2, 0) is 0 Å². The van der Waals surface area contributed by atoms with Crippen molar-refractivity contribution < 1.29 is 0 Å². The number of hydrogen-bond donors (Lipinski definition) is 1. The van der Waals surface area contributed by atoms with Crippen molar-refractivity contribution in [1.82, 2.24) is 5.32 Å². The van der Waals surface area contributed by atoms with Crippen LogP contribution in [-0.4, -0.2) is 7.05 Å². The molecule has 1 nitrogen and oxygen atoms in total. The highest BCUT2D eigenvalue weighted by Crippen LogP contribution is 2.26. The van der Waals surface area contributed by atoms with Gasteiger partial charge in [-0.05, 0) is 44.4 Å². The predicted octanol–water partition coefficient (Wildman–Crippen LogP) is 3.41. The highest BCUT2D eigenvalue weighted by molar-refractivity contribution is 5.20. The van der Waals surface area contributed by atoms with E-state index >= 15 is 0 Å². The van der Waals surface area contributed by atoms with Gasteiger partial charge in [-0.1, -0.05) is 30.2 Å². The molecule has 0 radical (unpaired) electrons. The zero-order valence-corrected chi connectivity index (χ0v) is 9.51. The van der Waals surface area contributed by atoms with Crippen molar-refractivity contribution in [3.63, 3.8) is 0 Å². The third-order valence-electron chi connectivity index (χ3n) is 2.62. The SMILES string of the molecule is CN/C=C\C(C)=C/CC1=CC[C@@H](C)C1. The standard InChI is InChI=1S/C13H21N/c1-11(8-9-14-3)4-6-13-7-5-12(2)10-13/h4,7-9,12,14H,5-6,10H2,1-3H3/b9-8-,11-4-/t12-/m1/s1. The third kappa shape index (κ3) is 3.82. The van der Waals surface area contributed by atoms with E-state index in [1.165, 1.54) is 18.4 Å². The van der Waals surface area contributed by atoms with Gasteiger partial charge in [0, 0.05) is 7.05 Å². The van der Waals surface area contributed by atoms with Crippen molar-refractivity contribution in [3.8, 4) is 0 Å². The first kappa shape index (κ1) is 11.1. The van der Waals surface area contributed by atoms with Crippen LogP contribution in [0.25, 0.3) is 0 Å². The van der Waals surface area contributed by atoms with Gasteiger partial charge in [0.15, 0.2) is 0 Å². The lowest BCUT2D eigenvalue weighted by atomic mass is 10.1. The molecule has 0 aromatic rings. The predicted molar refractivity (Wildman–Crippen MR) is 63.1 cm³/mol. The van der Waals surface area contributed by atoms with E-state index in [0.29, 0.717) is 0 Å². The van der Waals surface area contributed by atoms with E-state index in [1.54, 1.807) is 5.57 Å². The molecule has 1 N–H and O–H groups in total. The van der Waals surface area contributed by atoms with Crippen molar-refractivity contribution in [2.24, 2.45) is 5.92 Å². The first-order valence-corrected chi connectivity index (χ1v) is 5.41. The van der Waals surface area contributed by atoms with E-state index in [1.807, 2.05) is 13.2 Å². The summed E-state index contributed by atoms with van der Waals surface area (Å²) in [5.74, 6) is 0.867. The van der Waals surface area contributed by atoms with Gasteiger partial charge in [-0.15, -0.1) is 0 Å². The number of allylic oxidation sites excluding steroid dienone is 5. The Hall–Kier alpha value is -0.980. The zero-order valence-electron chi connectivity index (χ0n) is 9.51. The fraction of sp³-hybridized carbons (Fsp3) is 0.538.